The monoisotopic (exact) mass is 469 g/mol. The van der Waals surface area contributed by atoms with Crippen molar-refractivity contribution in [2.75, 3.05) is 24.3 Å². The van der Waals surface area contributed by atoms with Gasteiger partial charge in [0.05, 0.1) is 16.8 Å². The second-order valence-electron chi connectivity index (χ2n) is 8.44. The molecule has 0 saturated heterocycles. The van der Waals surface area contributed by atoms with Crippen molar-refractivity contribution in [3.05, 3.63) is 6.20 Å². The molecule has 1 aromatic rings. The molecular formula is C22H35N3O4S2. The largest absolute Gasteiger partial charge is 0.481 e. The maximum Gasteiger partial charge on any atom is 0.324 e. The minimum atomic E-state index is -0.801. The van der Waals surface area contributed by atoms with E-state index >= 15 is 0 Å². The molecule has 2 amide bonds. The van der Waals surface area contributed by atoms with Crippen LogP contribution < -0.4 is 5.32 Å². The summed E-state index contributed by atoms with van der Waals surface area (Å²) in [7, 11) is 0. The van der Waals surface area contributed by atoms with Crippen LogP contribution in [0.4, 0.5) is 9.93 Å². The number of thioether (sulfide) groups is 1. The summed E-state index contributed by atoms with van der Waals surface area (Å²) in [5.41, 5.74) is 0. The van der Waals surface area contributed by atoms with E-state index in [1.807, 2.05) is 6.92 Å². The van der Waals surface area contributed by atoms with Crippen LogP contribution in [0.3, 0.4) is 0 Å². The van der Waals surface area contributed by atoms with E-state index in [0.29, 0.717) is 22.8 Å². The van der Waals surface area contributed by atoms with Gasteiger partial charge in [0.25, 0.3) is 0 Å². The van der Waals surface area contributed by atoms with Gasteiger partial charge < -0.3 is 14.7 Å². The van der Waals surface area contributed by atoms with E-state index in [1.54, 1.807) is 6.20 Å². The number of carbonyl (C=O) groups excluding carboxylic acids is 1. The van der Waals surface area contributed by atoms with Gasteiger partial charge in [-0.25, -0.2) is 9.78 Å². The summed E-state index contributed by atoms with van der Waals surface area (Å²) < 4.78 is 6.55. The predicted octanol–water partition coefficient (Wildman–Crippen LogP) is 5.47. The number of thiazole rings is 1. The lowest BCUT2D eigenvalue weighted by atomic mass is 9.84. The molecule has 2 aliphatic carbocycles. The summed E-state index contributed by atoms with van der Waals surface area (Å²) >= 11 is 2.88. The fourth-order valence-corrected chi connectivity index (χ4v) is 6.51. The Kier molecular flexibility index (Phi) is 9.93. The summed E-state index contributed by atoms with van der Waals surface area (Å²) in [5.74, 6) is 0.311. The van der Waals surface area contributed by atoms with Gasteiger partial charge >= 0.3 is 12.0 Å². The zero-order chi connectivity index (χ0) is 22.1. The Labute approximate surface area is 193 Å². The first-order chi connectivity index (χ1) is 15.1. The van der Waals surface area contributed by atoms with Crippen LogP contribution in [0.15, 0.2) is 10.4 Å². The Morgan fingerprint density at radius 3 is 2.58 bits per heavy atom. The fourth-order valence-electron chi connectivity index (χ4n) is 4.64. The Morgan fingerprint density at radius 2 is 1.90 bits per heavy atom. The average molecular weight is 470 g/mol. The lowest BCUT2D eigenvalue weighted by molar-refractivity contribution is -0.136. The van der Waals surface area contributed by atoms with Crippen LogP contribution in [0.1, 0.15) is 71.1 Å². The number of carboxylic acids is 1. The molecule has 0 radical (unpaired) electrons. The number of rotatable bonds is 10. The molecule has 0 aliphatic heterocycles. The third-order valence-electron chi connectivity index (χ3n) is 6.23. The van der Waals surface area contributed by atoms with Crippen LogP contribution in [0.25, 0.3) is 0 Å². The first-order valence-corrected chi connectivity index (χ1v) is 13.3. The molecule has 1 heterocycles. The summed E-state index contributed by atoms with van der Waals surface area (Å²) in [4.78, 5) is 30.5. The Morgan fingerprint density at radius 1 is 1.19 bits per heavy atom. The summed E-state index contributed by atoms with van der Waals surface area (Å²) in [5, 5.41) is 12.4. The van der Waals surface area contributed by atoms with Gasteiger partial charge in [-0.3, -0.25) is 10.1 Å². The number of aromatic nitrogens is 1. The molecule has 0 atom stereocenters. The summed E-state index contributed by atoms with van der Waals surface area (Å²) in [6.07, 6.45) is 11.9. The van der Waals surface area contributed by atoms with E-state index in [0.717, 1.165) is 55.9 Å². The first-order valence-electron chi connectivity index (χ1n) is 11.5. The normalized spacial score (nSPS) is 22.2. The molecule has 2 fully saturated rings. The van der Waals surface area contributed by atoms with Gasteiger partial charge in [-0.1, -0.05) is 30.6 Å². The lowest BCUT2D eigenvalue weighted by Crippen LogP contribution is -2.51. The van der Waals surface area contributed by atoms with Crippen LogP contribution in [-0.4, -0.2) is 58.0 Å². The number of urea groups is 1. The van der Waals surface area contributed by atoms with E-state index < -0.39 is 5.97 Å². The van der Waals surface area contributed by atoms with Crippen molar-refractivity contribution in [3.8, 4) is 0 Å². The lowest BCUT2D eigenvalue weighted by Gasteiger charge is -2.42. The molecule has 0 aromatic carbocycles. The van der Waals surface area contributed by atoms with E-state index in [2.05, 4.69) is 15.2 Å². The molecule has 2 saturated carbocycles. The molecule has 7 nitrogen and oxygen atoms in total. The van der Waals surface area contributed by atoms with Crippen molar-refractivity contribution >= 4 is 40.2 Å². The highest BCUT2D eigenvalue weighted by molar-refractivity contribution is 8.01. The molecular weight excluding hydrogens is 434 g/mol. The second-order valence-corrected chi connectivity index (χ2v) is 10.9. The number of amides is 2. The molecule has 2 aliphatic rings. The summed E-state index contributed by atoms with van der Waals surface area (Å²) in [6, 6.07) is 0.563. The van der Waals surface area contributed by atoms with Crippen molar-refractivity contribution in [3.63, 3.8) is 0 Å². The van der Waals surface area contributed by atoms with E-state index in [-0.39, 0.29) is 18.5 Å². The minimum Gasteiger partial charge on any atom is -0.481 e. The first kappa shape index (κ1) is 24.3. The van der Waals surface area contributed by atoms with Gasteiger partial charge in [-0.15, -0.1) is 11.8 Å². The minimum absolute atomic E-state index is 0.0309. The Hall–Kier alpha value is -1.32. The van der Waals surface area contributed by atoms with Crippen LogP contribution in [0.2, 0.25) is 0 Å². The predicted molar refractivity (Wildman–Crippen MR) is 125 cm³/mol. The van der Waals surface area contributed by atoms with Crippen LogP contribution >= 0.6 is 23.1 Å². The third-order valence-corrected chi connectivity index (χ3v) is 8.34. The number of anilines is 1. The van der Waals surface area contributed by atoms with Gasteiger partial charge in [0, 0.05) is 31.1 Å². The number of carboxylic acid groups (broad SMARTS) is 1. The fraction of sp³-hybridized carbons (Fsp3) is 0.773. The number of nitrogens with one attached hydrogen (secondary N) is 1. The molecule has 1 aromatic heterocycles. The quantitative estimate of drug-likeness (QED) is 0.441. The third kappa shape index (κ3) is 7.64. The van der Waals surface area contributed by atoms with Crippen LogP contribution in [0, 0.1) is 5.92 Å². The van der Waals surface area contributed by atoms with Gasteiger partial charge in [-0.2, -0.15) is 0 Å². The van der Waals surface area contributed by atoms with Gasteiger partial charge in [0.15, 0.2) is 5.13 Å². The van der Waals surface area contributed by atoms with Gasteiger partial charge in [-0.05, 0) is 51.4 Å². The van der Waals surface area contributed by atoms with E-state index in [9.17, 15) is 9.59 Å². The zero-order valence-corrected chi connectivity index (χ0v) is 20.0. The number of hydrogen-bond donors (Lipinski definition) is 2. The average Bonchev–Trinajstić information content (AvgIpc) is 3.21. The van der Waals surface area contributed by atoms with Crippen molar-refractivity contribution in [1.29, 1.82) is 0 Å². The smallest absolute Gasteiger partial charge is 0.324 e. The summed E-state index contributed by atoms with van der Waals surface area (Å²) in [6.45, 7) is 3.64. The standard InChI is InChI=1S/C22H35N3O4S2/c1-2-29-15-16-8-10-18(11-9-16)25(17-6-4-3-5-7-17)22(28)24-21-23-14-20(31-21)30-13-12-19(26)27/h14,16-18H,2-13,15H2,1H3,(H,26,27)(H,23,24,28). The van der Waals surface area contributed by atoms with Crippen molar-refractivity contribution in [2.24, 2.45) is 5.92 Å². The van der Waals surface area contributed by atoms with Crippen LogP contribution in [-0.2, 0) is 9.53 Å². The number of ether oxygens (including phenoxy) is 1. The number of carbonyl (C=O) groups is 2. The number of hydrogen-bond acceptors (Lipinski definition) is 6. The maximum atomic E-state index is 13.3. The Balaban J connectivity index is 1.59. The van der Waals surface area contributed by atoms with Crippen molar-refractivity contribution in [1.82, 2.24) is 9.88 Å². The molecule has 31 heavy (non-hydrogen) atoms. The number of aliphatic carboxylic acids is 1. The highest BCUT2D eigenvalue weighted by atomic mass is 32.2. The van der Waals surface area contributed by atoms with E-state index in [4.69, 9.17) is 9.84 Å². The van der Waals surface area contributed by atoms with E-state index in [1.165, 1.54) is 42.4 Å². The molecule has 0 spiro atoms. The van der Waals surface area contributed by atoms with Crippen LogP contribution in [0.5, 0.6) is 0 Å². The van der Waals surface area contributed by atoms with Gasteiger partial charge in [0.1, 0.15) is 0 Å². The molecule has 0 unspecified atom stereocenters. The van der Waals surface area contributed by atoms with Crippen molar-refractivity contribution in [2.45, 2.75) is 87.4 Å². The van der Waals surface area contributed by atoms with Crippen molar-refractivity contribution < 1.29 is 19.4 Å². The van der Waals surface area contributed by atoms with Gasteiger partial charge in [0.2, 0.25) is 0 Å². The molecule has 0 bridgehead atoms. The molecule has 9 heteroatoms. The topological polar surface area (TPSA) is 91.8 Å². The molecule has 3 rings (SSSR count). The number of nitrogens with zero attached hydrogens (tertiary/aromatic N) is 2. The molecule has 174 valence electrons. The molecule has 2 N–H and O–H groups in total. The Bertz CT molecular complexity index is 701. The maximum absolute atomic E-state index is 13.3. The highest BCUT2D eigenvalue weighted by Gasteiger charge is 2.34. The second kappa shape index (κ2) is 12.6. The zero-order valence-electron chi connectivity index (χ0n) is 18.4. The SMILES string of the molecule is CCOCC1CCC(N(C(=O)Nc2ncc(SCCC(=O)O)s2)C2CCCCC2)CC1. The highest BCUT2D eigenvalue weighted by Crippen LogP contribution is 2.34.